The molecule has 0 radical (unpaired) electrons. The van der Waals surface area contributed by atoms with Gasteiger partial charge < -0.3 is 9.90 Å². The number of aliphatic hydroxyl groups is 1. The van der Waals surface area contributed by atoms with Crippen molar-refractivity contribution >= 4 is 11.6 Å². The Morgan fingerprint density at radius 3 is 1.26 bits per heavy atom. The van der Waals surface area contributed by atoms with Crippen molar-refractivity contribution in [3.05, 3.63) is 0 Å². The lowest BCUT2D eigenvalue weighted by Gasteiger charge is -2.10. The van der Waals surface area contributed by atoms with Gasteiger partial charge in [-0.05, 0) is 26.2 Å². The lowest BCUT2D eigenvalue weighted by Crippen LogP contribution is -2.13. The average Bonchev–Trinajstić information content (AvgIpc) is 2.82. The van der Waals surface area contributed by atoms with Crippen LogP contribution >= 0.6 is 0 Å². The van der Waals surface area contributed by atoms with Gasteiger partial charge in [-0.3, -0.25) is 4.79 Å². The molecule has 0 amide bonds. The van der Waals surface area contributed by atoms with Crippen LogP contribution in [-0.4, -0.2) is 22.8 Å². The Morgan fingerprint density at radius 1 is 0.514 bits per heavy atom. The number of hydrogen-bond acceptors (Lipinski definition) is 3. The number of aliphatic hydroxyl groups excluding tert-OH is 1. The first-order valence-electron chi connectivity index (χ1n) is 15.8. The molecular weight excluding hydrogens is 432 g/mol. The van der Waals surface area contributed by atoms with Crippen molar-refractivity contribution in [2.45, 2.75) is 193 Å². The Kier molecular flexibility index (Phi) is 27.3. The standard InChI is InChI=1S/C32H62O3/c1-3-4-5-6-7-8-9-10-11-12-13-14-15-16-17-21-24-27-31(34)29-32(35)28-25-22-19-18-20-23-26-30(2)33/h32,35H,3-29H2,1-2H3/t32-/m1/s1. The van der Waals surface area contributed by atoms with Gasteiger partial charge in [0.05, 0.1) is 6.10 Å². The van der Waals surface area contributed by atoms with E-state index in [1.54, 1.807) is 6.92 Å². The van der Waals surface area contributed by atoms with E-state index in [0.717, 1.165) is 51.4 Å². The highest BCUT2D eigenvalue weighted by Gasteiger charge is 2.10. The Hall–Kier alpha value is -0.700. The summed E-state index contributed by atoms with van der Waals surface area (Å²) in [6.45, 7) is 3.94. The molecule has 0 aromatic carbocycles. The molecule has 0 rings (SSSR count). The normalized spacial score (nSPS) is 12.2. The van der Waals surface area contributed by atoms with E-state index >= 15 is 0 Å². The van der Waals surface area contributed by atoms with E-state index in [4.69, 9.17) is 0 Å². The third-order valence-electron chi connectivity index (χ3n) is 7.34. The van der Waals surface area contributed by atoms with Crippen molar-refractivity contribution < 1.29 is 14.7 Å². The van der Waals surface area contributed by atoms with Crippen molar-refractivity contribution in [3.8, 4) is 0 Å². The number of hydrogen-bond donors (Lipinski definition) is 1. The molecule has 0 aromatic heterocycles. The van der Waals surface area contributed by atoms with Gasteiger partial charge in [0.2, 0.25) is 0 Å². The second-order valence-electron chi connectivity index (χ2n) is 11.2. The van der Waals surface area contributed by atoms with Crippen LogP contribution in [0.1, 0.15) is 187 Å². The molecular formula is C32H62O3. The molecule has 1 atom stereocenters. The van der Waals surface area contributed by atoms with Crippen molar-refractivity contribution in [2.75, 3.05) is 0 Å². The molecule has 0 aliphatic heterocycles. The maximum Gasteiger partial charge on any atom is 0.135 e. The van der Waals surface area contributed by atoms with Gasteiger partial charge >= 0.3 is 0 Å². The minimum absolute atomic E-state index is 0.239. The molecule has 0 spiro atoms. The number of carbonyl (C=O) groups is 2. The van der Waals surface area contributed by atoms with E-state index < -0.39 is 6.10 Å². The predicted octanol–water partition coefficient (Wildman–Crippen LogP) is 10.1. The summed E-state index contributed by atoms with van der Waals surface area (Å²) in [4.78, 5) is 23.0. The number of Topliss-reactive ketones (excluding diaryl/α,β-unsaturated/α-hetero) is 2. The summed E-state index contributed by atoms with van der Waals surface area (Å²) in [6, 6.07) is 0. The zero-order chi connectivity index (χ0) is 25.8. The molecule has 3 heteroatoms. The Balaban J connectivity index is 3.27. The van der Waals surface area contributed by atoms with E-state index in [1.165, 1.54) is 103 Å². The van der Waals surface area contributed by atoms with Gasteiger partial charge in [0.15, 0.2) is 0 Å². The molecule has 0 aromatic rings. The zero-order valence-corrected chi connectivity index (χ0v) is 23.9. The van der Waals surface area contributed by atoms with E-state index in [0.29, 0.717) is 19.3 Å². The second kappa shape index (κ2) is 27.9. The summed E-state index contributed by atoms with van der Waals surface area (Å²) in [5.74, 6) is 0.523. The van der Waals surface area contributed by atoms with Crippen LogP contribution in [0.25, 0.3) is 0 Å². The van der Waals surface area contributed by atoms with Crippen LogP contribution in [0.2, 0.25) is 0 Å². The van der Waals surface area contributed by atoms with Crippen LogP contribution in [0, 0.1) is 0 Å². The Bertz CT molecular complexity index is 460. The molecule has 0 saturated carbocycles. The van der Waals surface area contributed by atoms with Gasteiger partial charge in [-0.25, -0.2) is 0 Å². The van der Waals surface area contributed by atoms with Crippen molar-refractivity contribution in [2.24, 2.45) is 0 Å². The molecule has 0 unspecified atom stereocenters. The summed E-state index contributed by atoms with van der Waals surface area (Å²) in [5.41, 5.74) is 0. The lowest BCUT2D eigenvalue weighted by atomic mass is 10.0. The maximum atomic E-state index is 12.1. The van der Waals surface area contributed by atoms with E-state index in [2.05, 4.69) is 6.92 Å². The highest BCUT2D eigenvalue weighted by Crippen LogP contribution is 2.16. The minimum Gasteiger partial charge on any atom is -0.393 e. The smallest absolute Gasteiger partial charge is 0.135 e. The van der Waals surface area contributed by atoms with E-state index in [1.807, 2.05) is 0 Å². The quantitative estimate of drug-likeness (QED) is 0.105. The Morgan fingerprint density at radius 2 is 0.857 bits per heavy atom. The highest BCUT2D eigenvalue weighted by atomic mass is 16.3. The molecule has 0 aliphatic rings. The zero-order valence-electron chi connectivity index (χ0n) is 23.9. The van der Waals surface area contributed by atoms with E-state index in [9.17, 15) is 14.7 Å². The van der Waals surface area contributed by atoms with Gasteiger partial charge in [-0.2, -0.15) is 0 Å². The van der Waals surface area contributed by atoms with E-state index in [-0.39, 0.29) is 11.6 Å². The monoisotopic (exact) mass is 494 g/mol. The first-order chi connectivity index (χ1) is 17.1. The minimum atomic E-state index is -0.453. The average molecular weight is 495 g/mol. The topological polar surface area (TPSA) is 54.4 Å². The lowest BCUT2D eigenvalue weighted by molar-refractivity contribution is -0.121. The number of ketones is 2. The molecule has 0 bridgehead atoms. The van der Waals surface area contributed by atoms with Gasteiger partial charge in [-0.1, -0.05) is 142 Å². The van der Waals surface area contributed by atoms with Crippen molar-refractivity contribution in [3.63, 3.8) is 0 Å². The number of rotatable bonds is 29. The maximum absolute atomic E-state index is 12.1. The highest BCUT2D eigenvalue weighted by molar-refractivity contribution is 5.78. The molecule has 0 fully saturated rings. The largest absolute Gasteiger partial charge is 0.393 e. The predicted molar refractivity (Wildman–Crippen MR) is 152 cm³/mol. The fourth-order valence-corrected chi connectivity index (χ4v) is 4.97. The Labute approximate surface area is 219 Å². The van der Waals surface area contributed by atoms with Gasteiger partial charge in [0.1, 0.15) is 11.6 Å². The molecule has 0 heterocycles. The molecule has 0 aliphatic carbocycles. The van der Waals surface area contributed by atoms with Crippen LogP contribution in [0.5, 0.6) is 0 Å². The van der Waals surface area contributed by atoms with Gasteiger partial charge in [0.25, 0.3) is 0 Å². The van der Waals surface area contributed by atoms with Crippen molar-refractivity contribution in [1.29, 1.82) is 0 Å². The molecule has 35 heavy (non-hydrogen) atoms. The van der Waals surface area contributed by atoms with Crippen LogP contribution in [0.3, 0.4) is 0 Å². The van der Waals surface area contributed by atoms with Crippen LogP contribution in [-0.2, 0) is 9.59 Å². The molecule has 3 nitrogen and oxygen atoms in total. The van der Waals surface area contributed by atoms with Gasteiger partial charge in [-0.15, -0.1) is 0 Å². The summed E-state index contributed by atoms with van der Waals surface area (Å²) < 4.78 is 0. The van der Waals surface area contributed by atoms with Gasteiger partial charge in [0, 0.05) is 19.3 Å². The fourth-order valence-electron chi connectivity index (χ4n) is 4.97. The third-order valence-corrected chi connectivity index (χ3v) is 7.34. The molecule has 1 N–H and O–H groups in total. The summed E-state index contributed by atoms with van der Waals surface area (Å²) >= 11 is 0. The third kappa shape index (κ3) is 29.4. The van der Waals surface area contributed by atoms with Crippen molar-refractivity contribution in [1.82, 2.24) is 0 Å². The number of unbranched alkanes of at least 4 members (excludes halogenated alkanes) is 21. The summed E-state index contributed by atoms with van der Waals surface area (Å²) in [7, 11) is 0. The first-order valence-corrected chi connectivity index (χ1v) is 15.8. The first kappa shape index (κ1) is 34.3. The fraction of sp³-hybridized carbons (Fsp3) is 0.938. The second-order valence-corrected chi connectivity index (χ2v) is 11.2. The summed E-state index contributed by atoms with van der Waals surface area (Å²) in [6.07, 6.45) is 31.6. The molecule has 208 valence electrons. The molecule has 0 saturated heterocycles. The SMILES string of the molecule is CCCCCCCCCCCCCCCCCCCC(=O)C[C@H](O)CCCCCCCCC(C)=O. The van der Waals surface area contributed by atoms with Crippen LogP contribution in [0.4, 0.5) is 0 Å². The summed E-state index contributed by atoms with van der Waals surface area (Å²) in [5, 5.41) is 10.1. The number of carbonyl (C=O) groups excluding carboxylic acids is 2. The van der Waals surface area contributed by atoms with Crippen LogP contribution < -0.4 is 0 Å². The van der Waals surface area contributed by atoms with Crippen LogP contribution in [0.15, 0.2) is 0 Å².